The lowest BCUT2D eigenvalue weighted by Crippen LogP contribution is -2.14. The van der Waals surface area contributed by atoms with Gasteiger partial charge in [-0.15, -0.1) is 0 Å². The summed E-state index contributed by atoms with van der Waals surface area (Å²) in [5.74, 6) is 0.411. The molecule has 0 fully saturated rings. The Balaban J connectivity index is 2.71. The number of anilines is 1. The number of nitrogens with zero attached hydrogens (tertiary/aromatic N) is 3. The Morgan fingerprint density at radius 1 is 1.40 bits per heavy atom. The summed E-state index contributed by atoms with van der Waals surface area (Å²) >= 11 is 5.71. The average molecular weight is 231 g/mol. The predicted molar refractivity (Wildman–Crippen MR) is 59.4 cm³/mol. The number of hydrogen-bond donors (Lipinski definition) is 1. The molecule has 1 heterocycles. The van der Waals surface area contributed by atoms with E-state index in [1.165, 1.54) is 0 Å². The number of rotatable bonds is 5. The first kappa shape index (κ1) is 12.0. The Kier molecular flexibility index (Phi) is 4.55. The molecule has 0 saturated heterocycles. The van der Waals surface area contributed by atoms with Gasteiger partial charge >= 0.3 is 6.01 Å². The van der Waals surface area contributed by atoms with Crippen LogP contribution in [0.4, 0.5) is 5.95 Å². The highest BCUT2D eigenvalue weighted by atomic mass is 35.5. The molecule has 0 spiro atoms. The van der Waals surface area contributed by atoms with Gasteiger partial charge in [0.2, 0.25) is 11.2 Å². The van der Waals surface area contributed by atoms with Crippen molar-refractivity contribution in [3.05, 3.63) is 5.28 Å². The zero-order valence-electron chi connectivity index (χ0n) is 9.12. The molecule has 0 saturated carbocycles. The lowest BCUT2D eigenvalue weighted by atomic mass is 10.2. The van der Waals surface area contributed by atoms with Crippen molar-refractivity contribution < 1.29 is 4.74 Å². The van der Waals surface area contributed by atoms with Gasteiger partial charge in [0.05, 0.1) is 6.10 Å². The van der Waals surface area contributed by atoms with Crippen molar-refractivity contribution in [1.82, 2.24) is 15.0 Å². The van der Waals surface area contributed by atoms with Gasteiger partial charge < -0.3 is 10.1 Å². The fourth-order valence-electron chi connectivity index (χ4n) is 1.14. The molecular formula is C9H15ClN4O. The van der Waals surface area contributed by atoms with Crippen molar-refractivity contribution in [3.63, 3.8) is 0 Å². The van der Waals surface area contributed by atoms with E-state index in [9.17, 15) is 0 Å². The maximum Gasteiger partial charge on any atom is 0.322 e. The maximum absolute atomic E-state index is 5.71. The Morgan fingerprint density at radius 2 is 2.13 bits per heavy atom. The van der Waals surface area contributed by atoms with Crippen LogP contribution in [0.15, 0.2) is 0 Å². The first-order valence-corrected chi connectivity index (χ1v) is 5.29. The molecule has 6 heteroatoms. The summed E-state index contributed by atoms with van der Waals surface area (Å²) in [6.45, 7) is 4.07. The number of ether oxygens (including phenoxy) is 1. The maximum atomic E-state index is 5.71. The van der Waals surface area contributed by atoms with Crippen LogP contribution >= 0.6 is 11.6 Å². The van der Waals surface area contributed by atoms with Crippen LogP contribution in [0.25, 0.3) is 0 Å². The minimum Gasteiger partial charge on any atom is -0.460 e. The first-order chi connectivity index (χ1) is 7.15. The second-order valence-electron chi connectivity index (χ2n) is 3.18. The monoisotopic (exact) mass is 230 g/mol. The van der Waals surface area contributed by atoms with E-state index in [4.69, 9.17) is 16.3 Å². The van der Waals surface area contributed by atoms with E-state index in [-0.39, 0.29) is 17.4 Å². The summed E-state index contributed by atoms with van der Waals surface area (Å²) in [5.41, 5.74) is 0. The Labute approximate surface area is 94.2 Å². The second-order valence-corrected chi connectivity index (χ2v) is 3.52. The zero-order chi connectivity index (χ0) is 11.3. The molecule has 1 unspecified atom stereocenters. The van der Waals surface area contributed by atoms with E-state index in [0.29, 0.717) is 5.95 Å². The molecular weight excluding hydrogens is 216 g/mol. The summed E-state index contributed by atoms with van der Waals surface area (Å²) in [7, 11) is 1.71. The topological polar surface area (TPSA) is 59.9 Å². The molecule has 1 atom stereocenters. The van der Waals surface area contributed by atoms with Gasteiger partial charge in [-0.2, -0.15) is 15.0 Å². The fraction of sp³-hybridized carbons (Fsp3) is 0.667. The lowest BCUT2D eigenvalue weighted by molar-refractivity contribution is 0.192. The molecule has 5 nitrogen and oxygen atoms in total. The predicted octanol–water partition coefficient (Wildman–Crippen LogP) is 2.13. The van der Waals surface area contributed by atoms with Gasteiger partial charge in [-0.05, 0) is 24.9 Å². The average Bonchev–Trinajstić information content (AvgIpc) is 2.17. The van der Waals surface area contributed by atoms with E-state index in [1.54, 1.807) is 7.05 Å². The minimum absolute atomic E-state index is 0.0816. The van der Waals surface area contributed by atoms with Gasteiger partial charge in [0, 0.05) is 7.05 Å². The highest BCUT2D eigenvalue weighted by Crippen LogP contribution is 2.13. The lowest BCUT2D eigenvalue weighted by Gasteiger charge is -2.12. The third-order valence-corrected chi connectivity index (χ3v) is 1.98. The van der Waals surface area contributed by atoms with Gasteiger partial charge in [-0.25, -0.2) is 0 Å². The first-order valence-electron chi connectivity index (χ1n) is 4.91. The van der Waals surface area contributed by atoms with Gasteiger partial charge in [0.25, 0.3) is 0 Å². The third-order valence-electron chi connectivity index (χ3n) is 1.81. The molecule has 15 heavy (non-hydrogen) atoms. The molecule has 0 radical (unpaired) electrons. The number of hydrogen-bond acceptors (Lipinski definition) is 5. The standard InChI is InChI=1S/C9H15ClN4O/c1-4-5-6(2)15-9-13-7(10)12-8(11-3)14-9/h6H,4-5H2,1-3H3,(H,11,12,13,14). The second kappa shape index (κ2) is 5.70. The molecule has 1 aromatic heterocycles. The normalized spacial score (nSPS) is 12.3. The molecule has 0 bridgehead atoms. The smallest absolute Gasteiger partial charge is 0.322 e. The van der Waals surface area contributed by atoms with Crippen molar-refractivity contribution in [3.8, 4) is 6.01 Å². The third kappa shape index (κ3) is 3.87. The number of aromatic nitrogens is 3. The SMILES string of the molecule is CCCC(C)Oc1nc(Cl)nc(NC)n1. The molecule has 1 N–H and O–H groups in total. The molecule has 0 aliphatic heterocycles. The van der Waals surface area contributed by atoms with Crippen molar-refractivity contribution >= 4 is 17.5 Å². The van der Waals surface area contributed by atoms with Gasteiger partial charge in [-0.1, -0.05) is 13.3 Å². The summed E-state index contributed by atoms with van der Waals surface area (Å²) in [6, 6.07) is 0.264. The van der Waals surface area contributed by atoms with Gasteiger partial charge in [0.15, 0.2) is 0 Å². The molecule has 0 amide bonds. The van der Waals surface area contributed by atoms with Crippen LogP contribution in [0, 0.1) is 0 Å². The van der Waals surface area contributed by atoms with E-state index < -0.39 is 0 Å². The van der Waals surface area contributed by atoms with Crippen LogP contribution in [0.2, 0.25) is 5.28 Å². The largest absolute Gasteiger partial charge is 0.460 e. The highest BCUT2D eigenvalue weighted by Gasteiger charge is 2.08. The fourth-order valence-corrected chi connectivity index (χ4v) is 1.29. The highest BCUT2D eigenvalue weighted by molar-refractivity contribution is 6.28. The summed E-state index contributed by atoms with van der Waals surface area (Å²) in [5, 5.41) is 2.92. The molecule has 0 aliphatic carbocycles. The van der Waals surface area contributed by atoms with E-state index in [2.05, 4.69) is 27.2 Å². The molecule has 1 rings (SSSR count). The van der Waals surface area contributed by atoms with E-state index in [0.717, 1.165) is 12.8 Å². The summed E-state index contributed by atoms with van der Waals surface area (Å²) in [4.78, 5) is 11.8. The van der Waals surface area contributed by atoms with Crippen LogP contribution in [0.5, 0.6) is 6.01 Å². The van der Waals surface area contributed by atoms with Crippen LogP contribution in [0.1, 0.15) is 26.7 Å². The van der Waals surface area contributed by atoms with Crippen LogP contribution in [-0.4, -0.2) is 28.1 Å². The van der Waals surface area contributed by atoms with Crippen molar-refractivity contribution in [2.45, 2.75) is 32.8 Å². The van der Waals surface area contributed by atoms with Gasteiger partial charge in [-0.3, -0.25) is 0 Å². The zero-order valence-corrected chi connectivity index (χ0v) is 9.88. The minimum atomic E-state index is 0.0816. The van der Waals surface area contributed by atoms with Gasteiger partial charge in [0.1, 0.15) is 0 Å². The molecule has 84 valence electrons. The summed E-state index contributed by atoms with van der Waals surface area (Å²) < 4.78 is 5.49. The van der Waals surface area contributed by atoms with E-state index in [1.807, 2.05) is 6.92 Å². The van der Waals surface area contributed by atoms with Crippen LogP contribution < -0.4 is 10.1 Å². The van der Waals surface area contributed by atoms with Crippen LogP contribution in [0.3, 0.4) is 0 Å². The van der Waals surface area contributed by atoms with Crippen molar-refractivity contribution in [2.75, 3.05) is 12.4 Å². The van der Waals surface area contributed by atoms with Crippen LogP contribution in [-0.2, 0) is 0 Å². The Bertz CT molecular complexity index is 321. The molecule has 1 aromatic rings. The summed E-state index contributed by atoms with van der Waals surface area (Å²) in [6.07, 6.45) is 2.09. The molecule has 0 aliphatic rings. The van der Waals surface area contributed by atoms with Crippen molar-refractivity contribution in [1.29, 1.82) is 0 Å². The molecule has 0 aromatic carbocycles. The Hall–Kier alpha value is -1.10. The Morgan fingerprint density at radius 3 is 2.73 bits per heavy atom. The van der Waals surface area contributed by atoms with E-state index >= 15 is 0 Å². The quantitative estimate of drug-likeness (QED) is 0.840. The number of halogens is 1. The number of nitrogens with one attached hydrogen (secondary N) is 1. The van der Waals surface area contributed by atoms with Crippen molar-refractivity contribution in [2.24, 2.45) is 0 Å².